The zero-order valence-electron chi connectivity index (χ0n) is 10.1. The molecule has 0 atom stereocenters. The van der Waals surface area contributed by atoms with Crippen LogP contribution in [-0.2, 0) is 12.8 Å². The molecule has 1 aromatic carbocycles. The number of hydrogen-bond acceptors (Lipinski definition) is 2. The van der Waals surface area contributed by atoms with Gasteiger partial charge in [-0.05, 0) is 56.3 Å². The summed E-state index contributed by atoms with van der Waals surface area (Å²) in [6, 6.07) is 8.88. The lowest BCUT2D eigenvalue weighted by Crippen LogP contribution is -2.01. The van der Waals surface area contributed by atoms with Gasteiger partial charge in [0.1, 0.15) is 0 Å². The molecule has 0 aliphatic carbocycles. The normalized spacial score (nSPS) is 10.6. The van der Waals surface area contributed by atoms with Crippen LogP contribution in [0, 0.1) is 0 Å². The second-order valence-corrected chi connectivity index (χ2v) is 4.31. The van der Waals surface area contributed by atoms with Crippen molar-refractivity contribution in [3.63, 3.8) is 0 Å². The van der Waals surface area contributed by atoms with E-state index in [1.807, 2.05) is 0 Å². The topological polar surface area (TPSA) is 52.0 Å². The molecule has 0 amide bonds. The SMILES string of the molecule is NCCCCCc1cccc(CCCN)c1. The fourth-order valence-electron chi connectivity index (χ4n) is 1.90. The summed E-state index contributed by atoms with van der Waals surface area (Å²) in [7, 11) is 0. The summed E-state index contributed by atoms with van der Waals surface area (Å²) < 4.78 is 0. The van der Waals surface area contributed by atoms with Crippen molar-refractivity contribution in [2.24, 2.45) is 11.5 Å². The van der Waals surface area contributed by atoms with Gasteiger partial charge in [-0.25, -0.2) is 0 Å². The second kappa shape index (κ2) is 8.31. The Kier molecular flexibility index (Phi) is 6.86. The van der Waals surface area contributed by atoms with Crippen molar-refractivity contribution in [1.82, 2.24) is 0 Å². The lowest BCUT2D eigenvalue weighted by Gasteiger charge is -2.05. The Hall–Kier alpha value is -0.860. The van der Waals surface area contributed by atoms with Crippen LogP contribution in [0.1, 0.15) is 36.8 Å². The molecule has 1 aromatic rings. The average Bonchev–Trinajstić information content (AvgIpc) is 2.33. The maximum Gasteiger partial charge on any atom is -0.00741 e. The van der Waals surface area contributed by atoms with Gasteiger partial charge in [0.05, 0.1) is 0 Å². The molecular formula is C14H24N2. The summed E-state index contributed by atoms with van der Waals surface area (Å²) >= 11 is 0. The first-order chi connectivity index (χ1) is 7.86. The minimum absolute atomic E-state index is 0.778. The molecule has 0 fully saturated rings. The molecular weight excluding hydrogens is 196 g/mol. The Bertz CT molecular complexity index is 284. The van der Waals surface area contributed by atoms with Crippen molar-refractivity contribution in [2.45, 2.75) is 38.5 Å². The van der Waals surface area contributed by atoms with E-state index in [4.69, 9.17) is 11.5 Å². The van der Waals surface area contributed by atoms with Crippen LogP contribution in [0.25, 0.3) is 0 Å². The number of nitrogens with two attached hydrogens (primary N) is 2. The van der Waals surface area contributed by atoms with Crippen molar-refractivity contribution in [2.75, 3.05) is 13.1 Å². The van der Waals surface area contributed by atoms with Crippen LogP contribution in [-0.4, -0.2) is 13.1 Å². The van der Waals surface area contributed by atoms with Gasteiger partial charge in [-0.15, -0.1) is 0 Å². The number of unbranched alkanes of at least 4 members (excludes halogenated alkanes) is 2. The first kappa shape index (κ1) is 13.2. The molecule has 0 bridgehead atoms. The molecule has 0 aliphatic heterocycles. The quantitative estimate of drug-likeness (QED) is 0.660. The minimum Gasteiger partial charge on any atom is -0.330 e. The number of benzene rings is 1. The smallest absolute Gasteiger partial charge is 0.00741 e. The molecule has 1 rings (SSSR count). The molecule has 0 saturated heterocycles. The summed E-state index contributed by atoms with van der Waals surface area (Å²) in [5, 5.41) is 0. The van der Waals surface area contributed by atoms with E-state index in [1.165, 1.54) is 30.4 Å². The first-order valence-electron chi connectivity index (χ1n) is 6.34. The molecule has 4 N–H and O–H groups in total. The second-order valence-electron chi connectivity index (χ2n) is 4.31. The molecule has 90 valence electrons. The Labute approximate surface area is 99.0 Å². The van der Waals surface area contributed by atoms with Gasteiger partial charge in [-0.1, -0.05) is 30.7 Å². The van der Waals surface area contributed by atoms with Crippen molar-refractivity contribution < 1.29 is 0 Å². The summed E-state index contributed by atoms with van der Waals surface area (Å²) in [5.74, 6) is 0. The molecule has 0 aromatic heterocycles. The molecule has 0 spiro atoms. The Morgan fingerprint density at radius 1 is 0.750 bits per heavy atom. The summed E-state index contributed by atoms with van der Waals surface area (Å²) in [6.07, 6.45) is 6.99. The highest BCUT2D eigenvalue weighted by molar-refractivity contribution is 5.23. The zero-order valence-corrected chi connectivity index (χ0v) is 10.1. The third-order valence-electron chi connectivity index (χ3n) is 2.83. The van der Waals surface area contributed by atoms with Crippen molar-refractivity contribution in [3.05, 3.63) is 35.4 Å². The van der Waals surface area contributed by atoms with Gasteiger partial charge < -0.3 is 11.5 Å². The maximum absolute atomic E-state index is 5.52. The van der Waals surface area contributed by atoms with Gasteiger partial charge in [-0.3, -0.25) is 0 Å². The van der Waals surface area contributed by atoms with Crippen LogP contribution < -0.4 is 11.5 Å². The summed E-state index contributed by atoms with van der Waals surface area (Å²) in [6.45, 7) is 1.59. The lowest BCUT2D eigenvalue weighted by molar-refractivity contribution is 0.686. The van der Waals surface area contributed by atoms with Gasteiger partial charge in [0.25, 0.3) is 0 Å². The van der Waals surface area contributed by atoms with E-state index < -0.39 is 0 Å². The van der Waals surface area contributed by atoms with Gasteiger partial charge in [0, 0.05) is 0 Å². The predicted molar refractivity (Wildman–Crippen MR) is 70.4 cm³/mol. The van der Waals surface area contributed by atoms with Gasteiger partial charge in [-0.2, -0.15) is 0 Å². The molecule has 2 nitrogen and oxygen atoms in total. The third-order valence-corrected chi connectivity index (χ3v) is 2.83. The summed E-state index contributed by atoms with van der Waals surface area (Å²) in [5.41, 5.74) is 13.9. The van der Waals surface area contributed by atoms with Crippen LogP contribution in [0.3, 0.4) is 0 Å². The molecule has 0 heterocycles. The molecule has 0 radical (unpaired) electrons. The zero-order chi connectivity index (χ0) is 11.6. The number of aryl methyl sites for hydroxylation is 2. The van der Waals surface area contributed by atoms with Crippen molar-refractivity contribution in [3.8, 4) is 0 Å². The highest BCUT2D eigenvalue weighted by atomic mass is 14.5. The van der Waals surface area contributed by atoms with Crippen LogP contribution in [0.5, 0.6) is 0 Å². The van der Waals surface area contributed by atoms with E-state index >= 15 is 0 Å². The van der Waals surface area contributed by atoms with Crippen LogP contribution in [0.15, 0.2) is 24.3 Å². The van der Waals surface area contributed by atoms with E-state index in [-0.39, 0.29) is 0 Å². The van der Waals surface area contributed by atoms with Gasteiger partial charge in [0.15, 0.2) is 0 Å². The molecule has 0 aliphatic rings. The van der Waals surface area contributed by atoms with E-state index in [2.05, 4.69) is 24.3 Å². The van der Waals surface area contributed by atoms with Crippen LogP contribution in [0.2, 0.25) is 0 Å². The monoisotopic (exact) mass is 220 g/mol. The Balaban J connectivity index is 2.35. The average molecular weight is 220 g/mol. The van der Waals surface area contributed by atoms with Gasteiger partial charge in [0.2, 0.25) is 0 Å². The predicted octanol–water partition coefficient (Wildman–Crippen LogP) is 2.25. The molecule has 0 unspecified atom stereocenters. The minimum atomic E-state index is 0.778. The van der Waals surface area contributed by atoms with Crippen LogP contribution >= 0.6 is 0 Å². The Morgan fingerprint density at radius 2 is 1.38 bits per heavy atom. The number of rotatable bonds is 8. The van der Waals surface area contributed by atoms with E-state index in [0.717, 1.165) is 32.4 Å². The molecule has 16 heavy (non-hydrogen) atoms. The summed E-state index contributed by atoms with van der Waals surface area (Å²) in [4.78, 5) is 0. The van der Waals surface area contributed by atoms with E-state index in [1.54, 1.807) is 0 Å². The number of hydrogen-bond donors (Lipinski definition) is 2. The lowest BCUT2D eigenvalue weighted by atomic mass is 10.0. The van der Waals surface area contributed by atoms with Crippen LogP contribution in [0.4, 0.5) is 0 Å². The highest BCUT2D eigenvalue weighted by Crippen LogP contribution is 2.10. The van der Waals surface area contributed by atoms with Gasteiger partial charge >= 0.3 is 0 Å². The molecule has 2 heteroatoms. The van der Waals surface area contributed by atoms with Crippen molar-refractivity contribution >= 4 is 0 Å². The fourth-order valence-corrected chi connectivity index (χ4v) is 1.90. The van der Waals surface area contributed by atoms with E-state index in [0.29, 0.717) is 0 Å². The Morgan fingerprint density at radius 3 is 2.00 bits per heavy atom. The van der Waals surface area contributed by atoms with Crippen molar-refractivity contribution in [1.29, 1.82) is 0 Å². The highest BCUT2D eigenvalue weighted by Gasteiger charge is 1.96. The molecule has 0 saturated carbocycles. The third kappa shape index (κ3) is 5.29. The maximum atomic E-state index is 5.52. The van der Waals surface area contributed by atoms with E-state index in [9.17, 15) is 0 Å². The fraction of sp³-hybridized carbons (Fsp3) is 0.571. The first-order valence-corrected chi connectivity index (χ1v) is 6.34. The standard InChI is InChI=1S/C14H24N2/c15-10-3-1-2-6-13-7-4-8-14(12-13)9-5-11-16/h4,7-8,12H,1-3,5-6,9-11,15-16H2. The largest absolute Gasteiger partial charge is 0.330 e.